The van der Waals surface area contributed by atoms with Crippen molar-refractivity contribution in [2.75, 3.05) is 32.8 Å². The number of carbonyl (C=O) groups is 2. The quantitative estimate of drug-likeness (QED) is 0.818. The Morgan fingerprint density at radius 3 is 2.62 bits per heavy atom. The van der Waals surface area contributed by atoms with E-state index in [1.807, 2.05) is 31.2 Å². The van der Waals surface area contributed by atoms with Gasteiger partial charge in [-0.15, -0.1) is 0 Å². The number of carbonyl (C=O) groups excluding carboxylic acids is 2. The molecule has 1 fully saturated rings. The van der Waals surface area contributed by atoms with Gasteiger partial charge >= 0.3 is 6.09 Å². The summed E-state index contributed by atoms with van der Waals surface area (Å²) in [6, 6.07) is 7.31. The lowest BCUT2D eigenvalue weighted by atomic mass is 10.2. The third-order valence-electron chi connectivity index (χ3n) is 4.35. The van der Waals surface area contributed by atoms with Crippen LogP contribution >= 0.6 is 11.6 Å². The van der Waals surface area contributed by atoms with Crippen LogP contribution in [0.2, 0.25) is 5.02 Å². The first-order valence-electron chi connectivity index (χ1n) is 8.30. The molecule has 1 atom stereocenters. The zero-order valence-electron chi connectivity index (χ0n) is 14.2. The van der Waals surface area contributed by atoms with E-state index in [0.717, 1.165) is 18.7 Å². The fraction of sp³-hybridized carbons (Fsp3) is 0.529. The van der Waals surface area contributed by atoms with Crippen molar-refractivity contribution in [3.8, 4) is 0 Å². The van der Waals surface area contributed by atoms with Gasteiger partial charge in [-0.2, -0.15) is 0 Å². The highest BCUT2D eigenvalue weighted by Crippen LogP contribution is 2.14. The van der Waals surface area contributed by atoms with Crippen LogP contribution in [0.1, 0.15) is 19.4 Å². The average molecular weight is 355 g/mol. The number of nitrogens with zero attached hydrogens (tertiary/aromatic N) is 1. The number of amides is 2. The van der Waals surface area contributed by atoms with E-state index in [1.54, 1.807) is 11.8 Å². The van der Waals surface area contributed by atoms with Crippen molar-refractivity contribution >= 4 is 23.6 Å². The molecule has 0 bridgehead atoms. The number of rotatable bonds is 5. The zero-order valence-corrected chi connectivity index (χ0v) is 14.9. The van der Waals surface area contributed by atoms with Crippen molar-refractivity contribution in [2.24, 2.45) is 0 Å². The van der Waals surface area contributed by atoms with E-state index in [2.05, 4.69) is 5.32 Å². The first kappa shape index (κ1) is 18.5. The van der Waals surface area contributed by atoms with Crippen molar-refractivity contribution in [3.63, 3.8) is 0 Å². The summed E-state index contributed by atoms with van der Waals surface area (Å²) < 4.78 is 5.01. The SMILES string of the molecule is CCOC(=O)N1CC[NH+]([C@@H](C)C(=O)NCc2ccccc2Cl)CC1. The van der Waals surface area contributed by atoms with E-state index >= 15 is 0 Å². The standard InChI is InChI=1S/C17H24ClN3O3/c1-3-24-17(23)21-10-8-20(9-11-21)13(2)16(22)19-12-14-6-4-5-7-15(14)18/h4-7,13H,3,8-12H2,1-2H3,(H,19,22)/p+1/t13-/m0/s1. The second kappa shape index (κ2) is 8.89. The van der Waals surface area contributed by atoms with Crippen molar-refractivity contribution in [1.29, 1.82) is 0 Å². The third-order valence-corrected chi connectivity index (χ3v) is 4.72. The van der Waals surface area contributed by atoms with Gasteiger partial charge in [0.1, 0.15) is 0 Å². The van der Waals surface area contributed by atoms with Crippen LogP contribution in [0.3, 0.4) is 0 Å². The van der Waals surface area contributed by atoms with Crippen molar-refractivity contribution in [3.05, 3.63) is 34.9 Å². The highest BCUT2D eigenvalue weighted by molar-refractivity contribution is 6.31. The largest absolute Gasteiger partial charge is 0.450 e. The van der Waals surface area contributed by atoms with Crippen molar-refractivity contribution in [2.45, 2.75) is 26.4 Å². The summed E-state index contributed by atoms with van der Waals surface area (Å²) in [4.78, 5) is 26.9. The molecule has 1 aromatic carbocycles. The van der Waals surface area contributed by atoms with Crippen molar-refractivity contribution in [1.82, 2.24) is 10.2 Å². The molecule has 0 spiro atoms. The lowest BCUT2D eigenvalue weighted by Crippen LogP contribution is -3.19. The molecule has 0 unspecified atom stereocenters. The van der Waals surface area contributed by atoms with E-state index in [1.165, 1.54) is 4.90 Å². The van der Waals surface area contributed by atoms with Crippen LogP contribution in [0.4, 0.5) is 4.79 Å². The van der Waals surface area contributed by atoms with Gasteiger partial charge in [-0.3, -0.25) is 9.69 Å². The Morgan fingerprint density at radius 2 is 2.00 bits per heavy atom. The first-order chi connectivity index (χ1) is 11.5. The molecule has 132 valence electrons. The number of nitrogens with one attached hydrogen (secondary N) is 2. The van der Waals surface area contributed by atoms with Crippen LogP contribution in [-0.4, -0.2) is 55.7 Å². The van der Waals surface area contributed by atoms with E-state index in [-0.39, 0.29) is 18.0 Å². The van der Waals surface area contributed by atoms with Gasteiger partial charge in [0.25, 0.3) is 5.91 Å². The van der Waals surface area contributed by atoms with Gasteiger partial charge in [-0.05, 0) is 25.5 Å². The summed E-state index contributed by atoms with van der Waals surface area (Å²) in [5.41, 5.74) is 0.904. The van der Waals surface area contributed by atoms with E-state index in [4.69, 9.17) is 16.3 Å². The Morgan fingerprint density at radius 1 is 1.33 bits per heavy atom. The molecule has 0 aromatic heterocycles. The molecule has 0 radical (unpaired) electrons. The molecule has 2 N–H and O–H groups in total. The summed E-state index contributed by atoms with van der Waals surface area (Å²) in [7, 11) is 0. The minimum Gasteiger partial charge on any atom is -0.450 e. The van der Waals surface area contributed by atoms with Gasteiger partial charge in [0, 0.05) is 11.6 Å². The Hall–Kier alpha value is -1.79. The van der Waals surface area contributed by atoms with Gasteiger partial charge in [-0.1, -0.05) is 29.8 Å². The number of piperazine rings is 1. The minimum absolute atomic E-state index is 0.00509. The monoisotopic (exact) mass is 354 g/mol. The molecule has 2 rings (SSSR count). The molecule has 0 saturated carbocycles. The van der Waals surface area contributed by atoms with Crippen LogP contribution in [0, 0.1) is 0 Å². The second-order valence-electron chi connectivity index (χ2n) is 5.88. The molecule has 1 saturated heterocycles. The predicted octanol–water partition coefficient (Wildman–Crippen LogP) is 0.702. The van der Waals surface area contributed by atoms with Gasteiger partial charge in [-0.25, -0.2) is 4.79 Å². The van der Waals surface area contributed by atoms with Crippen LogP contribution < -0.4 is 10.2 Å². The smallest absolute Gasteiger partial charge is 0.410 e. The summed E-state index contributed by atoms with van der Waals surface area (Å²) in [5.74, 6) is -0.00509. The fourth-order valence-electron chi connectivity index (χ4n) is 2.79. The molecular formula is C17H25ClN3O3+. The average Bonchev–Trinajstić information content (AvgIpc) is 2.60. The molecule has 1 heterocycles. The number of hydrogen-bond acceptors (Lipinski definition) is 3. The Bertz CT molecular complexity index is 574. The Kier molecular flexibility index (Phi) is 6.87. The van der Waals surface area contributed by atoms with E-state index < -0.39 is 0 Å². The lowest BCUT2D eigenvalue weighted by molar-refractivity contribution is -0.918. The first-order valence-corrected chi connectivity index (χ1v) is 8.68. The summed E-state index contributed by atoms with van der Waals surface area (Å²) >= 11 is 6.10. The fourth-order valence-corrected chi connectivity index (χ4v) is 2.99. The number of ether oxygens (including phenoxy) is 1. The Labute approximate surface area is 147 Å². The molecule has 6 nitrogen and oxygen atoms in total. The minimum atomic E-state index is -0.271. The molecule has 0 aliphatic carbocycles. The number of hydrogen-bond donors (Lipinski definition) is 2. The molecule has 2 amide bonds. The van der Waals surface area contributed by atoms with Crippen LogP contribution in [0.15, 0.2) is 24.3 Å². The van der Waals surface area contributed by atoms with Crippen LogP contribution in [0.5, 0.6) is 0 Å². The van der Waals surface area contributed by atoms with Gasteiger partial charge in [0.2, 0.25) is 0 Å². The van der Waals surface area contributed by atoms with Gasteiger partial charge < -0.3 is 15.0 Å². The highest BCUT2D eigenvalue weighted by atomic mass is 35.5. The zero-order chi connectivity index (χ0) is 17.5. The number of benzene rings is 1. The highest BCUT2D eigenvalue weighted by Gasteiger charge is 2.31. The molecular weight excluding hydrogens is 330 g/mol. The van der Waals surface area contributed by atoms with Crippen LogP contribution in [-0.2, 0) is 16.1 Å². The summed E-state index contributed by atoms with van der Waals surface area (Å²) in [5, 5.41) is 3.60. The summed E-state index contributed by atoms with van der Waals surface area (Å²) in [6.45, 7) is 7.20. The van der Waals surface area contributed by atoms with E-state index in [0.29, 0.717) is 31.3 Å². The second-order valence-corrected chi connectivity index (χ2v) is 6.28. The van der Waals surface area contributed by atoms with Gasteiger partial charge in [0.15, 0.2) is 6.04 Å². The molecule has 24 heavy (non-hydrogen) atoms. The maximum Gasteiger partial charge on any atom is 0.410 e. The molecule has 1 aliphatic heterocycles. The maximum atomic E-state index is 12.4. The Balaban J connectivity index is 1.80. The van der Waals surface area contributed by atoms with Crippen LogP contribution in [0.25, 0.3) is 0 Å². The molecule has 7 heteroatoms. The normalized spacial score (nSPS) is 16.5. The number of halogens is 1. The summed E-state index contributed by atoms with van der Waals surface area (Å²) in [6.07, 6.45) is -0.271. The van der Waals surface area contributed by atoms with Gasteiger partial charge in [0.05, 0.1) is 32.8 Å². The number of quaternary nitrogens is 1. The predicted molar refractivity (Wildman–Crippen MR) is 92.1 cm³/mol. The molecule has 1 aliphatic rings. The van der Waals surface area contributed by atoms with Crippen molar-refractivity contribution < 1.29 is 19.2 Å². The van der Waals surface area contributed by atoms with E-state index in [9.17, 15) is 9.59 Å². The maximum absolute atomic E-state index is 12.4. The topological polar surface area (TPSA) is 63.1 Å². The third kappa shape index (κ3) is 4.85. The lowest BCUT2D eigenvalue weighted by Gasteiger charge is -2.34. The molecule has 1 aromatic rings.